The lowest BCUT2D eigenvalue weighted by Crippen LogP contribution is -2.54. The van der Waals surface area contributed by atoms with Gasteiger partial charge in [0.25, 0.3) is 0 Å². The van der Waals surface area contributed by atoms with Crippen LogP contribution in [-0.2, 0) is 9.59 Å². The highest BCUT2D eigenvalue weighted by Gasteiger charge is 2.43. The Hall–Kier alpha value is -2.02. The minimum absolute atomic E-state index is 0.0212. The SMILES string of the molecule is CCCOc1ccc(C(=O)CCC(=O)NC2(C(=O)O)CCSC2)cc1. The predicted octanol–water partition coefficient (Wildman–Crippen LogP) is 2.51. The molecule has 1 fully saturated rings. The second-order valence-electron chi connectivity index (χ2n) is 6.03. The molecule has 1 unspecified atom stereocenters. The summed E-state index contributed by atoms with van der Waals surface area (Å²) in [7, 11) is 0. The number of rotatable bonds is 9. The van der Waals surface area contributed by atoms with Gasteiger partial charge in [0, 0.05) is 24.2 Å². The molecular formula is C18H23NO5S. The first-order valence-electron chi connectivity index (χ1n) is 8.35. The van der Waals surface area contributed by atoms with Gasteiger partial charge in [-0.1, -0.05) is 6.92 Å². The first kappa shape index (κ1) is 19.3. The second-order valence-corrected chi connectivity index (χ2v) is 7.14. The lowest BCUT2D eigenvalue weighted by Gasteiger charge is -2.24. The maximum absolute atomic E-state index is 12.2. The number of benzene rings is 1. The predicted molar refractivity (Wildman–Crippen MR) is 96.2 cm³/mol. The number of Topliss-reactive ketones (excluding diaryl/α,β-unsaturated/α-hetero) is 1. The van der Waals surface area contributed by atoms with E-state index in [1.54, 1.807) is 24.3 Å². The van der Waals surface area contributed by atoms with Crippen molar-refractivity contribution in [2.75, 3.05) is 18.1 Å². The molecule has 0 radical (unpaired) electrons. The molecule has 6 nitrogen and oxygen atoms in total. The summed E-state index contributed by atoms with van der Waals surface area (Å²) in [5.41, 5.74) is -0.677. The average Bonchev–Trinajstić information content (AvgIpc) is 3.08. The van der Waals surface area contributed by atoms with Gasteiger partial charge in [-0.05, 0) is 42.9 Å². The minimum atomic E-state index is -1.19. The molecule has 2 rings (SSSR count). The molecule has 1 saturated heterocycles. The van der Waals surface area contributed by atoms with Gasteiger partial charge < -0.3 is 15.2 Å². The average molecular weight is 365 g/mol. The number of ketones is 1. The molecule has 7 heteroatoms. The number of ether oxygens (including phenoxy) is 1. The van der Waals surface area contributed by atoms with Crippen LogP contribution in [0.3, 0.4) is 0 Å². The van der Waals surface area contributed by atoms with Crippen LogP contribution in [0.25, 0.3) is 0 Å². The number of amides is 1. The molecular weight excluding hydrogens is 342 g/mol. The first-order valence-corrected chi connectivity index (χ1v) is 9.50. The van der Waals surface area contributed by atoms with E-state index in [4.69, 9.17) is 4.74 Å². The molecule has 1 heterocycles. The number of hydrogen-bond donors (Lipinski definition) is 2. The van der Waals surface area contributed by atoms with E-state index < -0.39 is 17.4 Å². The summed E-state index contributed by atoms with van der Waals surface area (Å²) in [6, 6.07) is 6.82. The Kier molecular flexibility index (Phi) is 6.87. The van der Waals surface area contributed by atoms with E-state index in [1.165, 1.54) is 11.8 Å². The Morgan fingerprint density at radius 2 is 1.96 bits per heavy atom. The number of nitrogens with one attached hydrogen (secondary N) is 1. The lowest BCUT2D eigenvalue weighted by atomic mass is 9.98. The van der Waals surface area contributed by atoms with Crippen LogP contribution in [0.4, 0.5) is 0 Å². The molecule has 0 spiro atoms. The second kappa shape index (κ2) is 8.89. The van der Waals surface area contributed by atoms with Crippen LogP contribution in [0.15, 0.2) is 24.3 Å². The largest absolute Gasteiger partial charge is 0.494 e. The van der Waals surface area contributed by atoms with Gasteiger partial charge in [-0.25, -0.2) is 4.79 Å². The van der Waals surface area contributed by atoms with E-state index >= 15 is 0 Å². The normalized spacial score (nSPS) is 19.4. The van der Waals surface area contributed by atoms with Crippen LogP contribution in [0.1, 0.15) is 43.0 Å². The molecule has 1 aromatic carbocycles. The van der Waals surface area contributed by atoms with Gasteiger partial charge in [0.2, 0.25) is 5.91 Å². The summed E-state index contributed by atoms with van der Waals surface area (Å²) < 4.78 is 5.46. The van der Waals surface area contributed by atoms with Crippen LogP contribution in [0, 0.1) is 0 Å². The molecule has 0 saturated carbocycles. The van der Waals surface area contributed by atoms with Gasteiger partial charge in [0.15, 0.2) is 5.78 Å². The van der Waals surface area contributed by atoms with Crippen LogP contribution in [-0.4, -0.2) is 46.4 Å². The number of carboxylic acid groups (broad SMARTS) is 1. The van der Waals surface area contributed by atoms with Crippen LogP contribution in [0.2, 0.25) is 0 Å². The highest BCUT2D eigenvalue weighted by Crippen LogP contribution is 2.28. The quantitative estimate of drug-likeness (QED) is 0.653. The highest BCUT2D eigenvalue weighted by atomic mass is 32.2. The smallest absolute Gasteiger partial charge is 0.330 e. The molecule has 25 heavy (non-hydrogen) atoms. The van der Waals surface area contributed by atoms with E-state index in [1.807, 2.05) is 6.92 Å². The molecule has 0 bridgehead atoms. The molecule has 1 amide bonds. The Bertz CT molecular complexity index is 623. The topological polar surface area (TPSA) is 92.7 Å². The number of hydrogen-bond acceptors (Lipinski definition) is 5. The maximum atomic E-state index is 12.2. The summed E-state index contributed by atoms with van der Waals surface area (Å²) in [5, 5.41) is 11.9. The molecule has 0 aliphatic carbocycles. The van der Waals surface area contributed by atoms with Gasteiger partial charge in [-0.3, -0.25) is 9.59 Å². The van der Waals surface area contributed by atoms with E-state index in [9.17, 15) is 19.5 Å². The minimum Gasteiger partial charge on any atom is -0.494 e. The number of carbonyl (C=O) groups excluding carboxylic acids is 2. The number of aliphatic carboxylic acids is 1. The Morgan fingerprint density at radius 1 is 1.24 bits per heavy atom. The molecule has 1 aromatic rings. The van der Waals surface area contributed by atoms with Gasteiger partial charge in [-0.15, -0.1) is 0 Å². The van der Waals surface area contributed by atoms with Crippen molar-refractivity contribution in [3.8, 4) is 5.75 Å². The summed E-state index contributed by atoms with van der Waals surface area (Å²) in [5.74, 6) is 0.209. The number of thioether (sulfide) groups is 1. The Balaban J connectivity index is 1.84. The van der Waals surface area contributed by atoms with Crippen LogP contribution < -0.4 is 10.1 Å². The van der Waals surface area contributed by atoms with Gasteiger partial charge in [0.05, 0.1) is 6.61 Å². The third-order valence-corrected chi connectivity index (χ3v) is 5.23. The summed E-state index contributed by atoms with van der Waals surface area (Å²) in [6.07, 6.45) is 1.34. The van der Waals surface area contributed by atoms with Crippen molar-refractivity contribution in [2.24, 2.45) is 0 Å². The Morgan fingerprint density at radius 3 is 2.52 bits per heavy atom. The van der Waals surface area contributed by atoms with Crippen molar-refractivity contribution in [3.63, 3.8) is 0 Å². The number of carbonyl (C=O) groups is 3. The van der Waals surface area contributed by atoms with Crippen LogP contribution in [0.5, 0.6) is 5.75 Å². The zero-order valence-electron chi connectivity index (χ0n) is 14.2. The highest BCUT2D eigenvalue weighted by molar-refractivity contribution is 7.99. The standard InChI is InChI=1S/C18H23NO5S/c1-2-10-24-14-5-3-13(4-6-14)15(20)7-8-16(21)19-18(17(22)23)9-11-25-12-18/h3-6H,2,7-12H2,1H3,(H,19,21)(H,22,23). The van der Waals surface area contributed by atoms with E-state index in [0.717, 1.165) is 6.42 Å². The summed E-state index contributed by atoms with van der Waals surface area (Å²) in [4.78, 5) is 35.7. The van der Waals surface area contributed by atoms with Crippen molar-refractivity contribution in [2.45, 2.75) is 38.1 Å². The van der Waals surface area contributed by atoms with Crippen molar-refractivity contribution in [3.05, 3.63) is 29.8 Å². The molecule has 1 aliphatic heterocycles. The monoisotopic (exact) mass is 365 g/mol. The lowest BCUT2D eigenvalue weighted by molar-refractivity contribution is -0.146. The van der Waals surface area contributed by atoms with Crippen molar-refractivity contribution in [1.29, 1.82) is 0 Å². The van der Waals surface area contributed by atoms with Crippen LogP contribution >= 0.6 is 11.8 Å². The van der Waals surface area contributed by atoms with Crippen molar-refractivity contribution >= 4 is 29.4 Å². The first-order chi connectivity index (χ1) is 12.0. The number of carboxylic acids is 1. The van der Waals surface area contributed by atoms with Crippen molar-refractivity contribution < 1.29 is 24.2 Å². The van der Waals surface area contributed by atoms with Gasteiger partial charge in [0.1, 0.15) is 11.3 Å². The Labute approximate surface area is 151 Å². The molecule has 1 aliphatic rings. The van der Waals surface area contributed by atoms with Crippen molar-refractivity contribution in [1.82, 2.24) is 5.32 Å². The third-order valence-electron chi connectivity index (χ3n) is 4.04. The van der Waals surface area contributed by atoms with E-state index in [2.05, 4.69) is 5.32 Å². The molecule has 1 atom stereocenters. The van der Waals surface area contributed by atoms with Gasteiger partial charge in [-0.2, -0.15) is 11.8 Å². The molecule has 2 N–H and O–H groups in total. The third kappa shape index (κ3) is 5.22. The fourth-order valence-electron chi connectivity index (χ4n) is 2.54. The fourth-order valence-corrected chi connectivity index (χ4v) is 3.87. The fraction of sp³-hybridized carbons (Fsp3) is 0.500. The summed E-state index contributed by atoms with van der Waals surface area (Å²) >= 11 is 1.51. The maximum Gasteiger partial charge on any atom is 0.330 e. The zero-order valence-corrected chi connectivity index (χ0v) is 15.1. The van der Waals surface area contributed by atoms with E-state index in [0.29, 0.717) is 35.8 Å². The zero-order chi connectivity index (χ0) is 18.3. The van der Waals surface area contributed by atoms with E-state index in [-0.39, 0.29) is 18.6 Å². The molecule has 0 aromatic heterocycles. The van der Waals surface area contributed by atoms with Gasteiger partial charge >= 0.3 is 5.97 Å². The molecule has 136 valence electrons. The summed E-state index contributed by atoms with van der Waals surface area (Å²) in [6.45, 7) is 2.64.